The average Bonchev–Trinajstić information content (AvgIpc) is 0.914. The number of nitrogens with one attached hydrogen (secondary N) is 2. The van der Waals surface area contributed by atoms with Crippen LogP contribution in [0.3, 0.4) is 0 Å². The number of carbonyl (C=O) groups excluding carboxylic acids is 2. The fourth-order valence-corrected chi connectivity index (χ4v) is 12.9. The summed E-state index contributed by atoms with van der Waals surface area (Å²) in [6.07, 6.45) is 0.151. The van der Waals surface area contributed by atoms with Crippen LogP contribution in [0.25, 0.3) is 0 Å². The fraction of sp³-hybridized carbons (Fsp3) is 0.971. The molecular weight excluding hydrogens is 1230 g/mol. The summed E-state index contributed by atoms with van der Waals surface area (Å²) in [6.45, 7) is 4.00. The van der Waals surface area contributed by atoms with Crippen molar-refractivity contribution < 1.29 is 119 Å². The van der Waals surface area contributed by atoms with Crippen molar-refractivity contribution in [2.75, 3.05) is 26.4 Å². The van der Waals surface area contributed by atoms with Crippen LogP contribution >= 0.6 is 0 Å². The van der Waals surface area contributed by atoms with Crippen molar-refractivity contribution in [1.82, 2.24) is 10.6 Å². The van der Waals surface area contributed by atoms with E-state index in [4.69, 9.17) is 37.9 Å². The number of hydrogen-bond acceptors (Lipinski definition) is 24. The standard InChI is InChI=1S/C68H128N2O24/c1-5-7-9-11-13-15-17-19-21-22-23-24-26-28-30-32-34-36-38-47(75)64(86)70-45(52(76)46(74)37-35-33-31-29-27-25-20-18-16-14-12-10-8-6-2)40-87-68-63(58(82)53(77)48(39-71)90-68)94-67-60(84)57(81)55(79)50(92-67)41-88-65-51(69-44(4)73)56(80)54(78)49(91-65)42-89-66-61(85)59(83)62(93-66)43(3)72/h43,45-63,65-68,71-72,74-85H,5-42H2,1-4H3,(H,69,73)(H,70,86). The first-order chi connectivity index (χ1) is 45.2. The van der Waals surface area contributed by atoms with Crippen molar-refractivity contribution in [2.45, 2.75) is 393 Å². The lowest BCUT2D eigenvalue weighted by Gasteiger charge is -2.47. The third-order valence-electron chi connectivity index (χ3n) is 19.0. The second kappa shape index (κ2) is 48.0. The fourth-order valence-electron chi connectivity index (χ4n) is 12.9. The number of ether oxygens (including phenoxy) is 8. The predicted molar refractivity (Wildman–Crippen MR) is 346 cm³/mol. The number of hydrogen-bond donors (Lipinski definition) is 16. The van der Waals surface area contributed by atoms with E-state index in [1.54, 1.807) is 0 Å². The molecule has 554 valence electrons. The Morgan fingerprint density at radius 3 is 1.29 bits per heavy atom. The molecule has 24 atom stereocenters. The van der Waals surface area contributed by atoms with E-state index in [-0.39, 0.29) is 12.8 Å². The van der Waals surface area contributed by atoms with Crippen LogP contribution in [0.5, 0.6) is 0 Å². The van der Waals surface area contributed by atoms with Crippen molar-refractivity contribution in [2.24, 2.45) is 0 Å². The zero-order valence-corrected chi connectivity index (χ0v) is 57.1. The molecule has 24 unspecified atom stereocenters. The summed E-state index contributed by atoms with van der Waals surface area (Å²) in [7, 11) is 0. The number of unbranched alkanes of at least 4 members (excludes halogenated alkanes) is 30. The molecule has 4 heterocycles. The molecule has 2 amide bonds. The summed E-state index contributed by atoms with van der Waals surface area (Å²) >= 11 is 0. The van der Waals surface area contributed by atoms with Gasteiger partial charge >= 0.3 is 0 Å². The normalized spacial score (nSPS) is 32.3. The van der Waals surface area contributed by atoms with Crippen molar-refractivity contribution in [1.29, 1.82) is 0 Å². The maximum atomic E-state index is 13.7. The van der Waals surface area contributed by atoms with E-state index in [9.17, 15) is 81.1 Å². The molecule has 4 rings (SSSR count). The Labute approximate surface area is 559 Å². The quantitative estimate of drug-likeness (QED) is 0.0388. The van der Waals surface area contributed by atoms with Crippen LogP contribution in [0.2, 0.25) is 0 Å². The van der Waals surface area contributed by atoms with Crippen LogP contribution in [0.4, 0.5) is 0 Å². The minimum atomic E-state index is -2.09. The zero-order valence-electron chi connectivity index (χ0n) is 57.1. The Hall–Kier alpha value is -1.94. The molecule has 4 aliphatic heterocycles. The first-order valence-electron chi connectivity index (χ1n) is 36.3. The van der Waals surface area contributed by atoms with Gasteiger partial charge in [-0.1, -0.05) is 219 Å². The van der Waals surface area contributed by atoms with Crippen molar-refractivity contribution in [3.8, 4) is 0 Å². The number of amides is 2. The monoisotopic (exact) mass is 1360 g/mol. The van der Waals surface area contributed by atoms with Crippen molar-refractivity contribution >= 4 is 11.8 Å². The Kier molecular flexibility index (Phi) is 43.1. The second-order valence-corrected chi connectivity index (χ2v) is 27.1. The number of carbonyl (C=O) groups is 2. The summed E-state index contributed by atoms with van der Waals surface area (Å²) in [4.78, 5) is 26.0. The molecule has 4 saturated heterocycles. The second-order valence-electron chi connectivity index (χ2n) is 27.1. The Balaban J connectivity index is 1.38. The highest BCUT2D eigenvalue weighted by Crippen LogP contribution is 2.33. The number of rotatable bonds is 52. The molecule has 0 aliphatic carbocycles. The lowest BCUT2D eigenvalue weighted by atomic mass is 9.96. The van der Waals surface area contributed by atoms with E-state index in [1.165, 1.54) is 142 Å². The van der Waals surface area contributed by atoms with E-state index >= 15 is 0 Å². The SMILES string of the molecule is CCCCCCCCCCCCCCCCCCCCC(O)C(=O)NC(COC1OC(CO)C(O)C(O)C1OC1OC(COC2OC(COC3OC(C(C)O)C(O)C3O)C(O)C(O)C2NC(C)=O)C(O)C(O)C1O)C(O)C(O)CCCCCCCCCCCCCCCC. The molecule has 4 aliphatic rings. The molecule has 0 saturated carbocycles. The van der Waals surface area contributed by atoms with Gasteiger partial charge in [0.1, 0.15) is 104 Å². The summed E-state index contributed by atoms with van der Waals surface area (Å²) < 4.78 is 46.7. The van der Waals surface area contributed by atoms with Crippen LogP contribution in [0.15, 0.2) is 0 Å². The van der Waals surface area contributed by atoms with Gasteiger partial charge in [-0.25, -0.2) is 0 Å². The molecule has 0 aromatic heterocycles. The maximum absolute atomic E-state index is 13.7. The minimum Gasteiger partial charge on any atom is -0.394 e. The summed E-state index contributed by atoms with van der Waals surface area (Å²) in [5.41, 5.74) is 0. The average molecular weight is 1360 g/mol. The van der Waals surface area contributed by atoms with Gasteiger partial charge in [0.15, 0.2) is 25.2 Å². The van der Waals surface area contributed by atoms with Crippen LogP contribution in [0, 0.1) is 0 Å². The lowest BCUT2D eigenvalue weighted by molar-refractivity contribution is -0.371. The highest BCUT2D eigenvalue weighted by atomic mass is 16.8. The van der Waals surface area contributed by atoms with Crippen LogP contribution in [-0.2, 0) is 47.5 Å². The van der Waals surface area contributed by atoms with E-state index < -0.39 is 185 Å². The van der Waals surface area contributed by atoms with Crippen LogP contribution in [0.1, 0.15) is 246 Å². The number of aliphatic hydroxyl groups is 14. The molecule has 94 heavy (non-hydrogen) atoms. The maximum Gasteiger partial charge on any atom is 0.249 e. The molecule has 0 aromatic carbocycles. The lowest BCUT2D eigenvalue weighted by Crippen LogP contribution is -2.66. The highest BCUT2D eigenvalue weighted by molar-refractivity contribution is 5.80. The third-order valence-corrected chi connectivity index (χ3v) is 19.0. The van der Waals surface area contributed by atoms with Gasteiger partial charge in [0.25, 0.3) is 0 Å². The zero-order chi connectivity index (χ0) is 69.0. The summed E-state index contributed by atoms with van der Waals surface area (Å²) in [6, 6.07) is -2.92. The van der Waals surface area contributed by atoms with E-state index in [2.05, 4.69) is 24.5 Å². The van der Waals surface area contributed by atoms with Gasteiger partial charge in [-0.3, -0.25) is 9.59 Å². The van der Waals surface area contributed by atoms with Crippen molar-refractivity contribution in [3.05, 3.63) is 0 Å². The largest absolute Gasteiger partial charge is 0.394 e. The third kappa shape index (κ3) is 29.7. The van der Waals surface area contributed by atoms with Gasteiger partial charge in [-0.05, 0) is 19.8 Å². The molecule has 4 fully saturated rings. The van der Waals surface area contributed by atoms with E-state index in [0.29, 0.717) is 12.8 Å². The van der Waals surface area contributed by atoms with E-state index in [1.807, 2.05) is 0 Å². The van der Waals surface area contributed by atoms with Crippen molar-refractivity contribution in [3.63, 3.8) is 0 Å². The summed E-state index contributed by atoms with van der Waals surface area (Å²) in [5, 5.41) is 159. The first kappa shape index (κ1) is 84.5. The first-order valence-corrected chi connectivity index (χ1v) is 36.3. The van der Waals surface area contributed by atoms with E-state index in [0.717, 1.165) is 64.7 Å². The van der Waals surface area contributed by atoms with Gasteiger partial charge in [0.2, 0.25) is 11.8 Å². The van der Waals surface area contributed by atoms with Gasteiger partial charge < -0.3 is 120 Å². The Morgan fingerprint density at radius 2 is 0.840 bits per heavy atom. The molecule has 0 spiro atoms. The topological polar surface area (TPSA) is 415 Å². The molecule has 0 bridgehead atoms. The smallest absolute Gasteiger partial charge is 0.249 e. The molecule has 0 radical (unpaired) electrons. The van der Waals surface area contributed by atoms with Gasteiger partial charge in [0.05, 0.1) is 44.7 Å². The Bertz CT molecular complexity index is 1940. The Morgan fingerprint density at radius 1 is 0.436 bits per heavy atom. The number of aliphatic hydroxyl groups excluding tert-OH is 14. The van der Waals surface area contributed by atoms with Gasteiger partial charge in [-0.2, -0.15) is 0 Å². The van der Waals surface area contributed by atoms with Gasteiger partial charge in [0, 0.05) is 6.92 Å². The molecule has 16 N–H and O–H groups in total. The summed E-state index contributed by atoms with van der Waals surface area (Å²) in [5.74, 6) is -1.53. The molecular formula is C68H128N2O24. The highest BCUT2D eigenvalue weighted by Gasteiger charge is 2.53. The van der Waals surface area contributed by atoms with Crippen LogP contribution < -0.4 is 10.6 Å². The van der Waals surface area contributed by atoms with Gasteiger partial charge in [-0.15, -0.1) is 0 Å². The molecule has 26 nitrogen and oxygen atoms in total. The predicted octanol–water partition coefficient (Wildman–Crippen LogP) is 3.32. The van der Waals surface area contributed by atoms with Crippen LogP contribution in [-0.4, -0.2) is 257 Å². The minimum absolute atomic E-state index is 0.126. The molecule has 26 heteroatoms. The molecule has 0 aromatic rings.